The molecule has 1 nitrogen and oxygen atoms in total. The SMILES string of the molecule is BrC1=[C-]C2=Cc3ccccc3C2O1.[Cl][Zr][Cl].[SH-].c1ccc2[cH-]ccc2c1. The van der Waals surface area contributed by atoms with Crippen LogP contribution in [0.4, 0.5) is 0 Å². The molecule has 0 amide bonds. The van der Waals surface area contributed by atoms with E-state index in [2.05, 4.69) is 82.7 Å². The summed E-state index contributed by atoms with van der Waals surface area (Å²) in [7, 11) is 9.87. The van der Waals surface area contributed by atoms with E-state index in [1.165, 1.54) is 21.9 Å². The second kappa shape index (κ2) is 10.8. The molecule has 0 aromatic heterocycles. The van der Waals surface area contributed by atoms with Gasteiger partial charge in [0.25, 0.3) is 0 Å². The zero-order valence-electron chi connectivity index (χ0n) is 13.5. The van der Waals surface area contributed by atoms with Crippen LogP contribution in [0.1, 0.15) is 17.2 Å². The number of rotatable bonds is 0. The monoisotopic (exact) mass is 541 g/mol. The van der Waals surface area contributed by atoms with Crippen molar-refractivity contribution < 1.29 is 25.6 Å². The summed E-state index contributed by atoms with van der Waals surface area (Å²) in [6, 6.07) is 22.9. The molecule has 6 heteroatoms. The fourth-order valence-corrected chi connectivity index (χ4v) is 3.25. The molecule has 134 valence electrons. The molecule has 2 aliphatic rings. The van der Waals surface area contributed by atoms with Gasteiger partial charge in [-0.2, -0.15) is 35.2 Å². The Morgan fingerprint density at radius 1 is 1.04 bits per heavy atom. The molecule has 1 unspecified atom stereocenters. The molecule has 0 saturated heterocycles. The Morgan fingerprint density at radius 2 is 1.73 bits per heavy atom. The Bertz CT molecular complexity index is 893. The summed E-state index contributed by atoms with van der Waals surface area (Å²) in [6.07, 6.45) is 5.33. The third-order valence-electron chi connectivity index (χ3n) is 3.88. The maximum atomic E-state index is 5.57. The molecule has 1 atom stereocenters. The molecule has 0 saturated carbocycles. The number of halogens is 3. The van der Waals surface area contributed by atoms with Gasteiger partial charge in [0.15, 0.2) is 0 Å². The first-order chi connectivity index (χ1) is 12.2. The first kappa shape index (κ1) is 21.9. The number of ether oxygens (including phenoxy) is 1. The first-order valence-electron chi connectivity index (χ1n) is 7.56. The fourth-order valence-electron chi connectivity index (χ4n) is 2.84. The van der Waals surface area contributed by atoms with Gasteiger partial charge < -0.3 is 18.2 Å². The van der Waals surface area contributed by atoms with Gasteiger partial charge in [-0.25, -0.2) is 0 Å². The quantitative estimate of drug-likeness (QED) is 0.174. The van der Waals surface area contributed by atoms with Crippen molar-refractivity contribution in [2.75, 3.05) is 0 Å². The van der Waals surface area contributed by atoms with Crippen molar-refractivity contribution in [1.82, 2.24) is 0 Å². The maximum absolute atomic E-state index is 5.57. The van der Waals surface area contributed by atoms with Crippen molar-refractivity contribution in [3.63, 3.8) is 0 Å². The van der Waals surface area contributed by atoms with E-state index in [0.717, 1.165) is 5.57 Å². The van der Waals surface area contributed by atoms with Crippen LogP contribution in [0.25, 0.3) is 16.8 Å². The predicted molar refractivity (Wildman–Crippen MR) is 114 cm³/mol. The summed E-state index contributed by atoms with van der Waals surface area (Å²) in [5.74, 6) is 0. The molecular weight excluding hydrogens is 530 g/mol. The summed E-state index contributed by atoms with van der Waals surface area (Å²) in [5, 5.41) is 2.66. The molecule has 0 bridgehead atoms. The molecule has 1 heterocycles. The van der Waals surface area contributed by atoms with Gasteiger partial charge >= 0.3 is 37.9 Å². The van der Waals surface area contributed by atoms with Crippen LogP contribution in [-0.2, 0) is 39.1 Å². The summed E-state index contributed by atoms with van der Waals surface area (Å²) in [6.45, 7) is 0. The number of hydrogen-bond donors (Lipinski definition) is 0. The molecule has 0 spiro atoms. The van der Waals surface area contributed by atoms with E-state index < -0.39 is 20.8 Å². The Kier molecular flexibility index (Phi) is 9.13. The van der Waals surface area contributed by atoms with Crippen LogP contribution < -0.4 is 0 Å². The van der Waals surface area contributed by atoms with E-state index in [4.69, 9.17) is 21.8 Å². The Morgan fingerprint density at radius 3 is 2.50 bits per heavy atom. The minimum absolute atomic E-state index is 0. The van der Waals surface area contributed by atoms with Gasteiger partial charge in [0.05, 0.1) is 4.67 Å². The molecular formula is C20H14BrCl2OSZr-3. The van der Waals surface area contributed by atoms with Gasteiger partial charge in [0, 0.05) is 0 Å². The van der Waals surface area contributed by atoms with Gasteiger partial charge in [-0.15, -0.1) is 29.7 Å². The maximum Gasteiger partial charge on any atom is -0.0809 e. The van der Waals surface area contributed by atoms with Crippen molar-refractivity contribution in [3.05, 3.63) is 94.2 Å². The second-order valence-corrected chi connectivity index (χ2v) is 9.80. The minimum Gasteiger partial charge on any atom is -0.813 e. The van der Waals surface area contributed by atoms with Crippen LogP contribution in [0.2, 0.25) is 0 Å². The molecule has 1 aliphatic carbocycles. The topological polar surface area (TPSA) is 9.23 Å². The molecule has 0 radical (unpaired) electrons. The van der Waals surface area contributed by atoms with E-state index in [-0.39, 0.29) is 19.6 Å². The summed E-state index contributed by atoms with van der Waals surface area (Å²) >= 11 is 2.46. The van der Waals surface area contributed by atoms with Gasteiger partial charge in [0.2, 0.25) is 0 Å². The van der Waals surface area contributed by atoms with Crippen LogP contribution >= 0.6 is 33.0 Å². The molecule has 5 rings (SSSR count). The summed E-state index contributed by atoms with van der Waals surface area (Å²) in [4.78, 5) is 0. The second-order valence-electron chi connectivity index (χ2n) is 5.35. The van der Waals surface area contributed by atoms with Crippen molar-refractivity contribution in [2.24, 2.45) is 0 Å². The minimum atomic E-state index is -0.826. The van der Waals surface area contributed by atoms with Gasteiger partial charge in [0.1, 0.15) is 6.10 Å². The van der Waals surface area contributed by atoms with E-state index in [1.807, 2.05) is 12.1 Å². The van der Waals surface area contributed by atoms with E-state index in [9.17, 15) is 0 Å². The van der Waals surface area contributed by atoms with Crippen LogP contribution in [0.3, 0.4) is 0 Å². The number of fused-ring (bicyclic) bond motifs is 4. The Labute approximate surface area is 187 Å². The number of benzene rings is 2. The molecule has 0 N–H and O–H groups in total. The number of thiol groups is 1. The van der Waals surface area contributed by atoms with E-state index in [0.29, 0.717) is 4.67 Å². The standard InChI is InChI=1S/C11H6BrO.C9H7.2ClH.H2S.Zr/c12-10-6-8-5-7-3-1-2-4-9(7)11(8)13-10;1-2-5-9-7-3-6-8(9)4-1;;;;/h1-5,11H;1-7H;2*1H;1H2;/q2*-1;;;;+2/p-3. The predicted octanol–water partition coefficient (Wildman–Crippen LogP) is 6.86. The summed E-state index contributed by atoms with van der Waals surface area (Å²) < 4.78 is 6.27. The molecule has 26 heavy (non-hydrogen) atoms. The van der Waals surface area contributed by atoms with Gasteiger partial charge in [-0.1, -0.05) is 35.9 Å². The van der Waals surface area contributed by atoms with Crippen LogP contribution in [0, 0.1) is 6.08 Å². The normalized spacial score (nSPS) is 15.6. The van der Waals surface area contributed by atoms with Crippen LogP contribution in [0.5, 0.6) is 0 Å². The van der Waals surface area contributed by atoms with Crippen LogP contribution in [-0.4, -0.2) is 0 Å². The third kappa shape index (κ3) is 5.33. The average Bonchev–Trinajstić information content (AvgIpc) is 3.29. The average molecular weight is 544 g/mol. The van der Waals surface area contributed by atoms with E-state index >= 15 is 0 Å². The van der Waals surface area contributed by atoms with Crippen molar-refractivity contribution in [2.45, 2.75) is 6.10 Å². The van der Waals surface area contributed by atoms with Crippen molar-refractivity contribution in [3.8, 4) is 0 Å². The van der Waals surface area contributed by atoms with Crippen LogP contribution in [0.15, 0.2) is 77.0 Å². The molecule has 0 fully saturated rings. The Balaban J connectivity index is 0.000000165. The summed E-state index contributed by atoms with van der Waals surface area (Å²) in [5.41, 5.74) is 3.60. The fraction of sp³-hybridized carbons (Fsp3) is 0.0500. The zero-order valence-corrected chi connectivity index (χ0v) is 19.9. The number of hydrogen-bond acceptors (Lipinski definition) is 2. The van der Waals surface area contributed by atoms with Gasteiger partial charge in [-0.3, -0.25) is 0 Å². The van der Waals surface area contributed by atoms with Crippen molar-refractivity contribution in [1.29, 1.82) is 0 Å². The first-order valence-corrected chi connectivity index (χ1v) is 14.7. The molecule has 1 aliphatic heterocycles. The van der Waals surface area contributed by atoms with Gasteiger partial charge in [-0.05, 0) is 21.5 Å². The smallest absolute Gasteiger partial charge is 0.0809 e. The molecule has 3 aromatic carbocycles. The van der Waals surface area contributed by atoms with Crippen molar-refractivity contribution >= 4 is 63.3 Å². The Hall–Kier alpha value is -0.377. The van der Waals surface area contributed by atoms with E-state index in [1.54, 1.807) is 0 Å². The largest absolute Gasteiger partial charge is 0.813 e. The zero-order chi connectivity index (χ0) is 17.6. The third-order valence-corrected chi connectivity index (χ3v) is 4.27. The molecule has 3 aromatic rings.